The summed E-state index contributed by atoms with van der Waals surface area (Å²) >= 11 is 3.50. The van der Waals surface area contributed by atoms with Gasteiger partial charge in [-0.25, -0.2) is 0 Å². The van der Waals surface area contributed by atoms with Crippen molar-refractivity contribution in [2.75, 3.05) is 14.2 Å². The van der Waals surface area contributed by atoms with Crippen molar-refractivity contribution in [3.8, 4) is 11.5 Å². The molecule has 1 aromatic carbocycles. The van der Waals surface area contributed by atoms with Gasteiger partial charge in [0.05, 0.1) is 24.8 Å². The molecule has 1 aromatic rings. The molecule has 116 valence electrons. The molecule has 5 heteroatoms. The van der Waals surface area contributed by atoms with E-state index < -0.39 is 0 Å². The van der Waals surface area contributed by atoms with Gasteiger partial charge in [-0.1, -0.05) is 0 Å². The maximum Gasteiger partial charge on any atom is 0.133 e. The second-order valence-electron chi connectivity index (χ2n) is 5.98. The number of methoxy groups -OCH3 is 2. The molecular weight excluding hydrogens is 334 g/mol. The van der Waals surface area contributed by atoms with Crippen LogP contribution in [0, 0.1) is 0 Å². The minimum Gasteiger partial charge on any atom is -0.496 e. The molecule has 0 aliphatic carbocycles. The van der Waals surface area contributed by atoms with E-state index in [1.165, 1.54) is 12.8 Å². The van der Waals surface area contributed by atoms with Gasteiger partial charge in [0.1, 0.15) is 11.5 Å². The summed E-state index contributed by atoms with van der Waals surface area (Å²) < 4.78 is 11.8. The third-order valence-electron chi connectivity index (χ3n) is 4.77. The van der Waals surface area contributed by atoms with E-state index in [-0.39, 0.29) is 6.10 Å². The lowest BCUT2D eigenvalue weighted by molar-refractivity contribution is 0.0306. The topological polar surface area (TPSA) is 41.9 Å². The van der Waals surface area contributed by atoms with Crippen molar-refractivity contribution in [3.63, 3.8) is 0 Å². The Kier molecular flexibility index (Phi) is 4.43. The average Bonchev–Trinajstić information content (AvgIpc) is 2.70. The molecule has 0 radical (unpaired) electrons. The van der Waals surface area contributed by atoms with Gasteiger partial charge in [0, 0.05) is 24.2 Å². The van der Waals surface area contributed by atoms with Crippen molar-refractivity contribution in [2.24, 2.45) is 0 Å². The highest BCUT2D eigenvalue weighted by Crippen LogP contribution is 2.39. The first kappa shape index (κ1) is 15.1. The van der Waals surface area contributed by atoms with Crippen LogP contribution in [0.3, 0.4) is 0 Å². The van der Waals surface area contributed by atoms with Gasteiger partial charge < -0.3 is 14.6 Å². The molecule has 2 unspecified atom stereocenters. The van der Waals surface area contributed by atoms with Crippen LogP contribution in [0.15, 0.2) is 16.6 Å². The SMILES string of the molecule is COc1cc(CN2C3CCC2CC(O)C3)c(OC)cc1Br. The van der Waals surface area contributed by atoms with Gasteiger partial charge in [0.25, 0.3) is 0 Å². The van der Waals surface area contributed by atoms with Crippen molar-refractivity contribution in [1.82, 2.24) is 4.90 Å². The summed E-state index contributed by atoms with van der Waals surface area (Å²) in [7, 11) is 3.38. The lowest BCUT2D eigenvalue weighted by atomic mass is 9.99. The molecular formula is C16H22BrNO3. The molecule has 1 N–H and O–H groups in total. The molecule has 2 aliphatic rings. The molecule has 21 heavy (non-hydrogen) atoms. The standard InChI is InChI=1S/C16H22BrNO3/c1-20-15-8-14(17)16(21-2)5-10(15)9-18-11-3-4-12(18)7-13(19)6-11/h5,8,11-13,19H,3-4,6-7,9H2,1-2H3. The molecule has 0 saturated carbocycles. The molecule has 4 nitrogen and oxygen atoms in total. The number of halogens is 1. The summed E-state index contributed by atoms with van der Waals surface area (Å²) in [6, 6.07) is 5.01. The van der Waals surface area contributed by atoms with Crippen molar-refractivity contribution < 1.29 is 14.6 Å². The number of hydrogen-bond donors (Lipinski definition) is 1. The van der Waals surface area contributed by atoms with Crippen LogP contribution < -0.4 is 9.47 Å². The Balaban J connectivity index is 1.84. The zero-order chi connectivity index (χ0) is 15.0. The molecule has 2 bridgehead atoms. The van der Waals surface area contributed by atoms with E-state index in [1.807, 2.05) is 12.1 Å². The molecule has 2 aliphatic heterocycles. The summed E-state index contributed by atoms with van der Waals surface area (Å²) in [5.74, 6) is 1.71. The Hall–Kier alpha value is -0.780. The average molecular weight is 356 g/mol. The highest BCUT2D eigenvalue weighted by atomic mass is 79.9. The molecule has 2 atom stereocenters. The van der Waals surface area contributed by atoms with Gasteiger partial charge in [-0.05, 0) is 53.7 Å². The van der Waals surface area contributed by atoms with E-state index >= 15 is 0 Å². The Bertz CT molecular complexity index is 508. The molecule has 2 saturated heterocycles. The van der Waals surface area contributed by atoms with E-state index in [0.29, 0.717) is 12.1 Å². The maximum atomic E-state index is 9.92. The number of ether oxygens (including phenoxy) is 2. The predicted octanol–water partition coefficient (Wildman–Crippen LogP) is 2.95. The van der Waals surface area contributed by atoms with E-state index in [4.69, 9.17) is 9.47 Å². The summed E-state index contributed by atoms with van der Waals surface area (Å²) in [4.78, 5) is 2.53. The molecule has 3 rings (SSSR count). The Morgan fingerprint density at radius 1 is 1.14 bits per heavy atom. The van der Waals surface area contributed by atoms with Crippen LogP contribution in [0.1, 0.15) is 31.2 Å². The van der Waals surface area contributed by atoms with Gasteiger partial charge in [-0.15, -0.1) is 0 Å². The van der Waals surface area contributed by atoms with Gasteiger partial charge in [-0.3, -0.25) is 4.90 Å². The number of aliphatic hydroxyl groups is 1. The van der Waals surface area contributed by atoms with Gasteiger partial charge in [-0.2, -0.15) is 0 Å². The number of fused-ring (bicyclic) bond motifs is 2. The summed E-state index contributed by atoms with van der Waals surface area (Å²) in [6.45, 7) is 0.856. The monoisotopic (exact) mass is 355 g/mol. The number of hydrogen-bond acceptors (Lipinski definition) is 4. The lowest BCUT2D eigenvalue weighted by Gasteiger charge is -2.37. The van der Waals surface area contributed by atoms with Crippen LogP contribution in [0.2, 0.25) is 0 Å². The Labute approximate surface area is 134 Å². The third-order valence-corrected chi connectivity index (χ3v) is 5.39. The molecule has 2 fully saturated rings. The maximum absolute atomic E-state index is 9.92. The van der Waals surface area contributed by atoms with Crippen LogP contribution in [-0.4, -0.2) is 42.4 Å². The number of piperidine rings is 1. The third kappa shape index (κ3) is 2.91. The second-order valence-corrected chi connectivity index (χ2v) is 6.84. The first-order valence-corrected chi connectivity index (χ1v) is 8.26. The van der Waals surface area contributed by atoms with Crippen LogP contribution >= 0.6 is 15.9 Å². The number of benzene rings is 1. The second kappa shape index (κ2) is 6.15. The molecule has 0 amide bonds. The quantitative estimate of drug-likeness (QED) is 0.901. The summed E-state index contributed by atoms with van der Waals surface area (Å²) in [5, 5.41) is 9.92. The van der Waals surface area contributed by atoms with Gasteiger partial charge in [0.2, 0.25) is 0 Å². The van der Waals surface area contributed by atoms with E-state index in [1.54, 1.807) is 14.2 Å². The normalized spacial score (nSPS) is 28.7. The smallest absolute Gasteiger partial charge is 0.133 e. The van der Waals surface area contributed by atoms with E-state index in [0.717, 1.165) is 40.9 Å². The van der Waals surface area contributed by atoms with Gasteiger partial charge >= 0.3 is 0 Å². The Morgan fingerprint density at radius 2 is 1.76 bits per heavy atom. The highest BCUT2D eigenvalue weighted by Gasteiger charge is 2.40. The van der Waals surface area contributed by atoms with Crippen LogP contribution in [-0.2, 0) is 6.54 Å². The number of rotatable bonds is 4. The first-order chi connectivity index (χ1) is 10.1. The molecule has 2 heterocycles. The molecule has 0 spiro atoms. The van der Waals surface area contributed by atoms with Crippen molar-refractivity contribution in [2.45, 2.75) is 50.4 Å². The largest absolute Gasteiger partial charge is 0.496 e. The highest BCUT2D eigenvalue weighted by molar-refractivity contribution is 9.10. The van der Waals surface area contributed by atoms with Crippen LogP contribution in [0.4, 0.5) is 0 Å². The van der Waals surface area contributed by atoms with E-state index in [2.05, 4.69) is 20.8 Å². The minimum absolute atomic E-state index is 0.125. The van der Waals surface area contributed by atoms with Crippen molar-refractivity contribution in [1.29, 1.82) is 0 Å². The number of aliphatic hydroxyl groups excluding tert-OH is 1. The minimum atomic E-state index is -0.125. The van der Waals surface area contributed by atoms with Gasteiger partial charge in [0.15, 0.2) is 0 Å². The summed E-state index contributed by atoms with van der Waals surface area (Å²) in [6.07, 6.45) is 4.05. The summed E-state index contributed by atoms with van der Waals surface area (Å²) in [5.41, 5.74) is 1.14. The zero-order valence-electron chi connectivity index (χ0n) is 12.5. The van der Waals surface area contributed by atoms with Crippen molar-refractivity contribution in [3.05, 3.63) is 22.2 Å². The molecule has 0 aromatic heterocycles. The van der Waals surface area contributed by atoms with Crippen LogP contribution in [0.25, 0.3) is 0 Å². The lowest BCUT2D eigenvalue weighted by Crippen LogP contribution is -2.44. The Morgan fingerprint density at radius 3 is 2.33 bits per heavy atom. The fourth-order valence-electron chi connectivity index (χ4n) is 3.75. The fraction of sp³-hybridized carbons (Fsp3) is 0.625. The first-order valence-electron chi connectivity index (χ1n) is 7.46. The number of nitrogens with zero attached hydrogens (tertiary/aromatic N) is 1. The zero-order valence-corrected chi connectivity index (χ0v) is 14.1. The van der Waals surface area contributed by atoms with Crippen molar-refractivity contribution >= 4 is 15.9 Å². The van der Waals surface area contributed by atoms with E-state index in [9.17, 15) is 5.11 Å². The fourth-order valence-corrected chi connectivity index (χ4v) is 4.23. The predicted molar refractivity (Wildman–Crippen MR) is 84.8 cm³/mol. The van der Waals surface area contributed by atoms with Crippen LogP contribution in [0.5, 0.6) is 11.5 Å².